The summed E-state index contributed by atoms with van der Waals surface area (Å²) in [6.07, 6.45) is 7.76. The molecule has 1 aliphatic rings. The third-order valence-electron chi connectivity index (χ3n) is 3.62. The third kappa shape index (κ3) is 5.53. The Morgan fingerprint density at radius 3 is 3.09 bits per heavy atom. The molecule has 1 fully saturated rings. The number of carbonyl (C=O) groups excluding carboxylic acids is 1. The summed E-state index contributed by atoms with van der Waals surface area (Å²) in [4.78, 5) is 11.9. The highest BCUT2D eigenvalue weighted by molar-refractivity contribution is 5.92. The molecular formula is C18H25NO3. The van der Waals surface area contributed by atoms with Gasteiger partial charge < -0.3 is 14.8 Å². The van der Waals surface area contributed by atoms with Crippen LogP contribution in [0.4, 0.5) is 0 Å². The second kappa shape index (κ2) is 9.26. The van der Waals surface area contributed by atoms with Gasteiger partial charge in [0.05, 0.1) is 12.7 Å². The van der Waals surface area contributed by atoms with Crippen LogP contribution in [0.15, 0.2) is 30.3 Å². The van der Waals surface area contributed by atoms with Crippen molar-refractivity contribution >= 4 is 12.0 Å². The Bertz CT molecular complexity index is 493. The molecule has 0 saturated carbocycles. The van der Waals surface area contributed by atoms with Crippen molar-refractivity contribution in [2.45, 2.75) is 38.7 Å². The zero-order valence-corrected chi connectivity index (χ0v) is 13.2. The van der Waals surface area contributed by atoms with Gasteiger partial charge in [-0.1, -0.05) is 31.5 Å². The standard InChI is InChI=1S/C18H25NO3/c1-2-3-12-22-17-9-5-4-7-15(17)10-11-18(20)19-14-16-8-6-13-21-16/h4-5,7,9-11,16H,2-3,6,8,12-14H2,1H3,(H,19,20)/b11-10+. The molecule has 22 heavy (non-hydrogen) atoms. The Morgan fingerprint density at radius 1 is 1.45 bits per heavy atom. The van der Waals surface area contributed by atoms with Gasteiger partial charge in [-0.2, -0.15) is 0 Å². The molecule has 2 rings (SSSR count). The van der Waals surface area contributed by atoms with E-state index in [1.54, 1.807) is 12.2 Å². The van der Waals surface area contributed by atoms with E-state index in [1.165, 1.54) is 0 Å². The summed E-state index contributed by atoms with van der Waals surface area (Å²) in [5.41, 5.74) is 0.922. The maximum absolute atomic E-state index is 11.9. The van der Waals surface area contributed by atoms with Crippen molar-refractivity contribution < 1.29 is 14.3 Å². The Balaban J connectivity index is 1.84. The van der Waals surface area contributed by atoms with E-state index in [-0.39, 0.29) is 12.0 Å². The van der Waals surface area contributed by atoms with Crippen molar-refractivity contribution in [3.63, 3.8) is 0 Å². The molecular weight excluding hydrogens is 278 g/mol. The van der Waals surface area contributed by atoms with E-state index < -0.39 is 0 Å². The first kappa shape index (κ1) is 16.6. The Kier molecular flexibility index (Phi) is 6.97. The Hall–Kier alpha value is -1.81. The normalized spacial score (nSPS) is 17.8. The van der Waals surface area contributed by atoms with Gasteiger partial charge in [-0.3, -0.25) is 4.79 Å². The number of unbranched alkanes of at least 4 members (excludes halogenated alkanes) is 1. The van der Waals surface area contributed by atoms with Crippen LogP contribution in [0.2, 0.25) is 0 Å². The number of nitrogens with one attached hydrogen (secondary N) is 1. The summed E-state index contributed by atoms with van der Waals surface area (Å²) in [5.74, 6) is 0.720. The summed E-state index contributed by atoms with van der Waals surface area (Å²) in [7, 11) is 0. The SMILES string of the molecule is CCCCOc1ccccc1/C=C/C(=O)NCC1CCCO1. The van der Waals surface area contributed by atoms with Gasteiger partial charge >= 0.3 is 0 Å². The first-order valence-electron chi connectivity index (χ1n) is 8.09. The van der Waals surface area contributed by atoms with Gasteiger partial charge in [-0.15, -0.1) is 0 Å². The van der Waals surface area contributed by atoms with E-state index in [0.717, 1.165) is 43.6 Å². The molecule has 4 heteroatoms. The lowest BCUT2D eigenvalue weighted by Gasteiger charge is -2.10. The van der Waals surface area contributed by atoms with E-state index in [4.69, 9.17) is 9.47 Å². The fourth-order valence-electron chi connectivity index (χ4n) is 2.32. The van der Waals surface area contributed by atoms with Crippen molar-refractivity contribution in [1.29, 1.82) is 0 Å². The van der Waals surface area contributed by atoms with Crippen LogP contribution in [0.5, 0.6) is 5.75 Å². The molecule has 0 bridgehead atoms. The lowest BCUT2D eigenvalue weighted by molar-refractivity contribution is -0.116. The first-order chi connectivity index (χ1) is 10.8. The fourth-order valence-corrected chi connectivity index (χ4v) is 2.32. The van der Waals surface area contributed by atoms with E-state index >= 15 is 0 Å². The van der Waals surface area contributed by atoms with E-state index in [0.29, 0.717) is 13.2 Å². The van der Waals surface area contributed by atoms with Gasteiger partial charge in [0, 0.05) is 24.8 Å². The van der Waals surface area contributed by atoms with E-state index in [2.05, 4.69) is 12.2 Å². The number of rotatable bonds is 8. The molecule has 4 nitrogen and oxygen atoms in total. The van der Waals surface area contributed by atoms with E-state index in [9.17, 15) is 4.79 Å². The molecule has 1 aromatic carbocycles. The largest absolute Gasteiger partial charge is 0.493 e. The zero-order chi connectivity index (χ0) is 15.6. The molecule has 1 amide bonds. The molecule has 120 valence electrons. The van der Waals surface area contributed by atoms with Crippen LogP contribution >= 0.6 is 0 Å². The molecule has 0 aliphatic carbocycles. The molecule has 0 aromatic heterocycles. The highest BCUT2D eigenvalue weighted by atomic mass is 16.5. The predicted molar refractivity (Wildman–Crippen MR) is 87.9 cm³/mol. The number of hydrogen-bond donors (Lipinski definition) is 1. The van der Waals surface area contributed by atoms with Gasteiger partial charge in [0.2, 0.25) is 5.91 Å². The monoisotopic (exact) mass is 303 g/mol. The van der Waals surface area contributed by atoms with Crippen molar-refractivity contribution in [2.24, 2.45) is 0 Å². The molecule has 1 saturated heterocycles. The third-order valence-corrected chi connectivity index (χ3v) is 3.62. The van der Waals surface area contributed by atoms with Crippen LogP contribution < -0.4 is 10.1 Å². The van der Waals surface area contributed by atoms with Crippen LogP contribution in [0.3, 0.4) is 0 Å². The van der Waals surface area contributed by atoms with Crippen molar-refractivity contribution in [2.75, 3.05) is 19.8 Å². The lowest BCUT2D eigenvalue weighted by atomic mass is 10.2. The quantitative estimate of drug-likeness (QED) is 0.593. The van der Waals surface area contributed by atoms with Gasteiger partial charge in [0.1, 0.15) is 5.75 Å². The maximum atomic E-state index is 11.9. The molecule has 0 spiro atoms. The molecule has 0 radical (unpaired) electrons. The average Bonchev–Trinajstić information content (AvgIpc) is 3.05. The second-order valence-corrected chi connectivity index (χ2v) is 5.45. The Morgan fingerprint density at radius 2 is 2.32 bits per heavy atom. The van der Waals surface area contributed by atoms with Crippen LogP contribution in [0.1, 0.15) is 38.2 Å². The highest BCUT2D eigenvalue weighted by Crippen LogP contribution is 2.19. The van der Waals surface area contributed by atoms with E-state index in [1.807, 2.05) is 24.3 Å². The Labute approximate surface area is 132 Å². The smallest absolute Gasteiger partial charge is 0.244 e. The van der Waals surface area contributed by atoms with Crippen LogP contribution in [-0.2, 0) is 9.53 Å². The average molecular weight is 303 g/mol. The van der Waals surface area contributed by atoms with Crippen molar-refractivity contribution in [3.05, 3.63) is 35.9 Å². The lowest BCUT2D eigenvalue weighted by Crippen LogP contribution is -2.30. The summed E-state index contributed by atoms with van der Waals surface area (Å²) < 4.78 is 11.2. The van der Waals surface area contributed by atoms with Gasteiger partial charge in [-0.05, 0) is 31.4 Å². The van der Waals surface area contributed by atoms with Gasteiger partial charge in [0.15, 0.2) is 0 Å². The van der Waals surface area contributed by atoms with Crippen LogP contribution in [-0.4, -0.2) is 31.8 Å². The molecule has 1 heterocycles. The number of amides is 1. The molecule has 1 aliphatic heterocycles. The van der Waals surface area contributed by atoms with Gasteiger partial charge in [-0.25, -0.2) is 0 Å². The minimum Gasteiger partial charge on any atom is -0.493 e. The first-order valence-corrected chi connectivity index (χ1v) is 8.09. The van der Waals surface area contributed by atoms with Crippen molar-refractivity contribution in [1.82, 2.24) is 5.32 Å². The number of carbonyl (C=O) groups is 1. The summed E-state index contributed by atoms with van der Waals surface area (Å²) in [6, 6.07) is 7.76. The molecule has 1 unspecified atom stereocenters. The summed E-state index contributed by atoms with van der Waals surface area (Å²) in [6.45, 7) is 4.22. The fraction of sp³-hybridized carbons (Fsp3) is 0.500. The molecule has 1 atom stereocenters. The minimum atomic E-state index is -0.0983. The predicted octanol–water partition coefficient (Wildman–Crippen LogP) is 3.17. The van der Waals surface area contributed by atoms with Crippen LogP contribution in [0, 0.1) is 0 Å². The minimum absolute atomic E-state index is 0.0983. The number of ether oxygens (including phenoxy) is 2. The summed E-state index contributed by atoms with van der Waals surface area (Å²) in [5, 5.41) is 2.88. The molecule has 1 aromatic rings. The topological polar surface area (TPSA) is 47.6 Å². The van der Waals surface area contributed by atoms with Crippen molar-refractivity contribution in [3.8, 4) is 5.75 Å². The highest BCUT2D eigenvalue weighted by Gasteiger charge is 2.15. The van der Waals surface area contributed by atoms with Crippen LogP contribution in [0.25, 0.3) is 6.08 Å². The number of para-hydroxylation sites is 1. The van der Waals surface area contributed by atoms with Gasteiger partial charge in [0.25, 0.3) is 0 Å². The second-order valence-electron chi connectivity index (χ2n) is 5.45. The summed E-state index contributed by atoms with van der Waals surface area (Å²) >= 11 is 0. The maximum Gasteiger partial charge on any atom is 0.244 e. The number of hydrogen-bond acceptors (Lipinski definition) is 3. The zero-order valence-electron chi connectivity index (χ0n) is 13.2. The number of benzene rings is 1. The molecule has 1 N–H and O–H groups in total.